The van der Waals surface area contributed by atoms with Gasteiger partial charge in [0.1, 0.15) is 0 Å². The Balaban J connectivity index is 1.88. The van der Waals surface area contributed by atoms with Crippen LogP contribution in [-0.4, -0.2) is 42.2 Å². The molecule has 19 heavy (non-hydrogen) atoms. The SMILES string of the molecule is Cc1nc(N2CCCC(CNCC(=O)O)C2)sc1C. The van der Waals surface area contributed by atoms with Crippen molar-refractivity contribution in [2.45, 2.75) is 26.7 Å². The van der Waals surface area contributed by atoms with Gasteiger partial charge in [-0.25, -0.2) is 4.98 Å². The van der Waals surface area contributed by atoms with Crippen LogP contribution >= 0.6 is 11.3 Å². The number of rotatable bonds is 5. The molecule has 0 amide bonds. The maximum Gasteiger partial charge on any atom is 0.317 e. The highest BCUT2D eigenvalue weighted by Crippen LogP contribution is 2.28. The average molecular weight is 283 g/mol. The molecule has 1 atom stereocenters. The Kier molecular flexibility index (Phi) is 4.76. The number of hydrogen-bond acceptors (Lipinski definition) is 5. The third-order valence-corrected chi connectivity index (χ3v) is 4.65. The van der Waals surface area contributed by atoms with Crippen molar-refractivity contribution in [2.75, 3.05) is 31.1 Å². The Labute approximate surface area is 117 Å². The van der Waals surface area contributed by atoms with Gasteiger partial charge in [-0.15, -0.1) is 11.3 Å². The van der Waals surface area contributed by atoms with E-state index >= 15 is 0 Å². The first-order chi connectivity index (χ1) is 9.06. The molecule has 1 saturated heterocycles. The fourth-order valence-corrected chi connectivity index (χ4v) is 3.32. The number of hydrogen-bond donors (Lipinski definition) is 2. The van der Waals surface area contributed by atoms with E-state index in [9.17, 15) is 4.79 Å². The number of anilines is 1. The predicted molar refractivity (Wildman–Crippen MR) is 77.0 cm³/mol. The molecule has 0 spiro atoms. The van der Waals surface area contributed by atoms with Crippen LogP contribution in [-0.2, 0) is 4.79 Å². The molecule has 1 unspecified atom stereocenters. The van der Waals surface area contributed by atoms with Crippen molar-refractivity contribution in [3.63, 3.8) is 0 Å². The number of aromatic nitrogens is 1. The number of carboxylic acid groups (broad SMARTS) is 1. The Morgan fingerprint density at radius 1 is 1.58 bits per heavy atom. The van der Waals surface area contributed by atoms with E-state index in [2.05, 4.69) is 22.1 Å². The second kappa shape index (κ2) is 6.34. The highest BCUT2D eigenvalue weighted by molar-refractivity contribution is 7.15. The van der Waals surface area contributed by atoms with Crippen LogP contribution in [0.15, 0.2) is 0 Å². The Morgan fingerprint density at radius 2 is 2.37 bits per heavy atom. The molecule has 0 bridgehead atoms. The monoisotopic (exact) mass is 283 g/mol. The maximum atomic E-state index is 10.5. The minimum atomic E-state index is -0.793. The second-order valence-electron chi connectivity index (χ2n) is 5.12. The summed E-state index contributed by atoms with van der Waals surface area (Å²) in [6.07, 6.45) is 2.31. The number of nitrogens with one attached hydrogen (secondary N) is 1. The molecule has 0 aliphatic carbocycles. The first-order valence-corrected chi connectivity index (χ1v) is 7.49. The largest absolute Gasteiger partial charge is 0.480 e. The van der Waals surface area contributed by atoms with E-state index in [-0.39, 0.29) is 6.54 Å². The summed E-state index contributed by atoms with van der Waals surface area (Å²) >= 11 is 1.75. The number of nitrogens with zero attached hydrogens (tertiary/aromatic N) is 2. The fourth-order valence-electron chi connectivity index (χ4n) is 2.38. The van der Waals surface area contributed by atoms with Gasteiger partial charge >= 0.3 is 5.97 Å². The minimum Gasteiger partial charge on any atom is -0.480 e. The first kappa shape index (κ1) is 14.3. The van der Waals surface area contributed by atoms with Crippen molar-refractivity contribution in [3.05, 3.63) is 10.6 Å². The van der Waals surface area contributed by atoms with Gasteiger partial charge in [-0.1, -0.05) is 0 Å². The fraction of sp³-hybridized carbons (Fsp3) is 0.692. The van der Waals surface area contributed by atoms with E-state index in [1.165, 1.54) is 4.88 Å². The quantitative estimate of drug-likeness (QED) is 0.860. The van der Waals surface area contributed by atoms with E-state index in [1.807, 2.05) is 6.92 Å². The molecule has 1 aliphatic rings. The van der Waals surface area contributed by atoms with Gasteiger partial charge in [0.05, 0.1) is 12.2 Å². The molecular weight excluding hydrogens is 262 g/mol. The van der Waals surface area contributed by atoms with Crippen LogP contribution in [0.5, 0.6) is 0 Å². The summed E-state index contributed by atoms with van der Waals surface area (Å²) in [5.41, 5.74) is 1.12. The molecule has 0 radical (unpaired) electrons. The number of thiazole rings is 1. The van der Waals surface area contributed by atoms with Crippen LogP contribution in [0, 0.1) is 19.8 Å². The Morgan fingerprint density at radius 3 is 3.00 bits per heavy atom. The summed E-state index contributed by atoms with van der Waals surface area (Å²) in [6.45, 7) is 7.00. The van der Waals surface area contributed by atoms with E-state index in [1.54, 1.807) is 11.3 Å². The molecule has 2 N–H and O–H groups in total. The Hall–Kier alpha value is -1.14. The maximum absolute atomic E-state index is 10.5. The number of aliphatic carboxylic acids is 1. The van der Waals surface area contributed by atoms with Gasteiger partial charge in [0, 0.05) is 24.5 Å². The lowest BCUT2D eigenvalue weighted by Gasteiger charge is -2.32. The van der Waals surface area contributed by atoms with Crippen molar-refractivity contribution in [2.24, 2.45) is 5.92 Å². The normalized spacial score (nSPS) is 19.7. The van der Waals surface area contributed by atoms with E-state index in [0.29, 0.717) is 5.92 Å². The average Bonchev–Trinajstić information content (AvgIpc) is 2.70. The number of aryl methyl sites for hydroxylation is 2. The molecule has 1 aromatic heterocycles. The zero-order chi connectivity index (χ0) is 13.8. The van der Waals surface area contributed by atoms with Crippen LogP contribution < -0.4 is 10.2 Å². The standard InChI is InChI=1S/C13H21N3O2S/c1-9-10(2)19-13(15-9)16-5-3-4-11(8-16)6-14-7-12(17)18/h11,14H,3-8H2,1-2H3,(H,17,18). The van der Waals surface area contributed by atoms with Crippen LogP contribution in [0.2, 0.25) is 0 Å². The number of carbonyl (C=O) groups is 1. The lowest BCUT2D eigenvalue weighted by Crippen LogP contribution is -2.40. The molecular formula is C13H21N3O2S. The topological polar surface area (TPSA) is 65.5 Å². The summed E-state index contributed by atoms with van der Waals surface area (Å²) in [7, 11) is 0. The lowest BCUT2D eigenvalue weighted by atomic mass is 9.98. The lowest BCUT2D eigenvalue weighted by molar-refractivity contribution is -0.136. The smallest absolute Gasteiger partial charge is 0.317 e. The van der Waals surface area contributed by atoms with Crippen LogP contribution in [0.4, 0.5) is 5.13 Å². The molecule has 1 aliphatic heterocycles. The third kappa shape index (κ3) is 3.91. The van der Waals surface area contributed by atoms with Crippen LogP contribution in [0.1, 0.15) is 23.4 Å². The summed E-state index contributed by atoms with van der Waals surface area (Å²) in [4.78, 5) is 18.7. The molecule has 0 aromatic carbocycles. The van der Waals surface area contributed by atoms with Gasteiger partial charge in [-0.2, -0.15) is 0 Å². The molecule has 1 fully saturated rings. The molecule has 1 aromatic rings. The molecule has 0 saturated carbocycles. The predicted octanol–water partition coefficient (Wildman–Crippen LogP) is 1.65. The second-order valence-corrected chi connectivity index (χ2v) is 6.30. The first-order valence-electron chi connectivity index (χ1n) is 6.67. The van der Waals surface area contributed by atoms with Crippen LogP contribution in [0.3, 0.4) is 0 Å². The van der Waals surface area contributed by atoms with Crippen molar-refractivity contribution in [1.82, 2.24) is 10.3 Å². The van der Waals surface area contributed by atoms with Crippen molar-refractivity contribution in [1.29, 1.82) is 0 Å². The highest BCUT2D eigenvalue weighted by Gasteiger charge is 2.22. The van der Waals surface area contributed by atoms with Gasteiger partial charge in [0.25, 0.3) is 0 Å². The molecule has 106 valence electrons. The van der Waals surface area contributed by atoms with Gasteiger partial charge in [-0.05, 0) is 32.6 Å². The minimum absolute atomic E-state index is 0.0476. The van der Waals surface area contributed by atoms with Gasteiger partial charge in [-0.3, -0.25) is 4.79 Å². The summed E-state index contributed by atoms with van der Waals surface area (Å²) < 4.78 is 0. The molecule has 5 nitrogen and oxygen atoms in total. The molecule has 2 rings (SSSR count). The molecule has 2 heterocycles. The van der Waals surface area contributed by atoms with Crippen molar-refractivity contribution in [3.8, 4) is 0 Å². The Bertz CT molecular complexity index is 428. The number of piperidine rings is 1. The van der Waals surface area contributed by atoms with Gasteiger partial charge in [0.15, 0.2) is 5.13 Å². The molecule has 6 heteroatoms. The van der Waals surface area contributed by atoms with Crippen molar-refractivity contribution < 1.29 is 9.90 Å². The summed E-state index contributed by atoms with van der Waals surface area (Å²) in [5, 5.41) is 12.7. The van der Waals surface area contributed by atoms with E-state index in [4.69, 9.17) is 5.11 Å². The highest BCUT2D eigenvalue weighted by atomic mass is 32.1. The van der Waals surface area contributed by atoms with E-state index < -0.39 is 5.97 Å². The number of carboxylic acids is 1. The van der Waals surface area contributed by atoms with Gasteiger partial charge in [0.2, 0.25) is 0 Å². The van der Waals surface area contributed by atoms with E-state index in [0.717, 1.165) is 43.3 Å². The zero-order valence-electron chi connectivity index (χ0n) is 11.5. The third-order valence-electron chi connectivity index (χ3n) is 3.52. The zero-order valence-corrected chi connectivity index (χ0v) is 12.3. The summed E-state index contributed by atoms with van der Waals surface area (Å²) in [5.74, 6) is -0.281. The van der Waals surface area contributed by atoms with Gasteiger partial charge < -0.3 is 15.3 Å². The summed E-state index contributed by atoms with van der Waals surface area (Å²) in [6, 6.07) is 0. The van der Waals surface area contributed by atoms with Crippen molar-refractivity contribution >= 4 is 22.4 Å². The van der Waals surface area contributed by atoms with Crippen LogP contribution in [0.25, 0.3) is 0 Å².